The second kappa shape index (κ2) is 8.63. The molecule has 0 amide bonds. The minimum Gasteiger partial charge on any atom is -0.497 e. The molecule has 32 heavy (non-hydrogen) atoms. The Hall–Kier alpha value is -2.78. The molecule has 0 saturated carbocycles. The van der Waals surface area contributed by atoms with Gasteiger partial charge in [-0.05, 0) is 44.7 Å². The zero-order chi connectivity index (χ0) is 24.7. The standard InChI is InChI=1S/C23H28FN5O3/c1-13-18-10-17(30-3)11-19(24)21(18)27-22(20(13)23-25-14(2)28-32-23)29-7-4-15(5-8-29)26-16-6-9-31-12-16/h10-11,15-16,26H,4-9,12H2,1-3H3/t16-/m1/s1/i3D3. The summed E-state index contributed by atoms with van der Waals surface area (Å²) in [6, 6.07) is 3.32. The lowest BCUT2D eigenvalue weighted by molar-refractivity contribution is 0.186. The second-order valence-corrected chi connectivity index (χ2v) is 8.47. The van der Waals surface area contributed by atoms with Gasteiger partial charge >= 0.3 is 0 Å². The van der Waals surface area contributed by atoms with Crippen molar-refractivity contribution in [3.63, 3.8) is 0 Å². The summed E-state index contributed by atoms with van der Waals surface area (Å²) >= 11 is 0. The molecule has 3 aromatic rings. The number of nitrogens with zero attached hydrogens (tertiary/aromatic N) is 4. The average Bonchev–Trinajstić information content (AvgIpc) is 3.45. The summed E-state index contributed by atoms with van der Waals surface area (Å²) in [4.78, 5) is 11.2. The Morgan fingerprint density at radius 3 is 2.72 bits per heavy atom. The number of hydrogen-bond acceptors (Lipinski definition) is 8. The number of aryl methyl sites for hydroxylation is 2. The lowest BCUT2D eigenvalue weighted by Crippen LogP contribution is -2.46. The van der Waals surface area contributed by atoms with Crippen molar-refractivity contribution in [2.24, 2.45) is 0 Å². The van der Waals surface area contributed by atoms with E-state index in [0.717, 1.165) is 51.6 Å². The molecule has 1 aromatic carbocycles. The van der Waals surface area contributed by atoms with Crippen LogP contribution in [0.25, 0.3) is 22.4 Å². The first-order chi connectivity index (χ1) is 16.7. The number of halogens is 1. The molecule has 0 aliphatic carbocycles. The normalized spacial score (nSPS) is 21.5. The number of methoxy groups -OCH3 is 1. The van der Waals surface area contributed by atoms with Crippen LogP contribution in [0, 0.1) is 19.7 Å². The minimum absolute atomic E-state index is 0.0944. The Balaban J connectivity index is 1.52. The second-order valence-electron chi connectivity index (χ2n) is 8.47. The summed E-state index contributed by atoms with van der Waals surface area (Å²) in [6.45, 7) is 6.54. The Bertz CT molecular complexity index is 1220. The molecule has 1 atom stereocenters. The molecule has 0 bridgehead atoms. The largest absolute Gasteiger partial charge is 0.497 e. The van der Waals surface area contributed by atoms with Crippen molar-refractivity contribution in [1.82, 2.24) is 20.4 Å². The summed E-state index contributed by atoms with van der Waals surface area (Å²) < 4.78 is 53.2. The van der Waals surface area contributed by atoms with E-state index >= 15 is 4.39 Å². The summed E-state index contributed by atoms with van der Waals surface area (Å²) in [5, 5.41) is 8.04. The van der Waals surface area contributed by atoms with Gasteiger partial charge in [-0.1, -0.05) is 5.16 Å². The molecular formula is C23H28FN5O3. The maximum Gasteiger partial charge on any atom is 0.261 e. The van der Waals surface area contributed by atoms with Crippen molar-refractivity contribution < 1.29 is 22.5 Å². The van der Waals surface area contributed by atoms with E-state index in [1.165, 1.54) is 6.07 Å². The van der Waals surface area contributed by atoms with E-state index in [1.807, 2.05) is 6.92 Å². The zero-order valence-electron chi connectivity index (χ0n) is 21.2. The predicted octanol–water partition coefficient (Wildman–Crippen LogP) is 3.40. The maximum absolute atomic E-state index is 15.2. The maximum atomic E-state index is 15.2. The Morgan fingerprint density at radius 1 is 1.19 bits per heavy atom. The van der Waals surface area contributed by atoms with Crippen molar-refractivity contribution in [3.8, 4) is 17.2 Å². The van der Waals surface area contributed by atoms with Crippen molar-refractivity contribution in [1.29, 1.82) is 0 Å². The predicted molar refractivity (Wildman–Crippen MR) is 119 cm³/mol. The van der Waals surface area contributed by atoms with Crippen LogP contribution in [0.3, 0.4) is 0 Å². The lowest BCUT2D eigenvalue weighted by atomic mass is 9.99. The van der Waals surface area contributed by atoms with Crippen LogP contribution in [0.1, 0.15) is 34.8 Å². The van der Waals surface area contributed by atoms with Gasteiger partial charge in [0.15, 0.2) is 11.6 Å². The van der Waals surface area contributed by atoms with Crippen LogP contribution in [-0.2, 0) is 4.74 Å². The molecule has 1 N–H and O–H groups in total. The average molecular weight is 445 g/mol. The van der Waals surface area contributed by atoms with E-state index < -0.39 is 12.9 Å². The summed E-state index contributed by atoms with van der Waals surface area (Å²) in [5.74, 6) is 0.582. The number of benzene rings is 1. The molecule has 8 nitrogen and oxygen atoms in total. The number of rotatable bonds is 5. The topological polar surface area (TPSA) is 85.5 Å². The van der Waals surface area contributed by atoms with Gasteiger partial charge in [-0.3, -0.25) is 0 Å². The monoisotopic (exact) mass is 444 g/mol. The number of aromatic nitrogens is 3. The molecular weight excluding hydrogens is 413 g/mol. The van der Waals surface area contributed by atoms with Gasteiger partial charge in [-0.15, -0.1) is 0 Å². The minimum atomic E-state index is -2.70. The molecule has 0 unspecified atom stereocenters. The van der Waals surface area contributed by atoms with Crippen molar-refractivity contribution in [2.75, 3.05) is 38.2 Å². The van der Waals surface area contributed by atoms with Gasteiger partial charge in [0.1, 0.15) is 17.1 Å². The summed E-state index contributed by atoms with van der Waals surface area (Å²) in [6.07, 6.45) is 2.84. The number of hydrogen-bond donors (Lipinski definition) is 1. The van der Waals surface area contributed by atoms with E-state index in [4.69, 9.17) is 23.1 Å². The fraction of sp³-hybridized carbons (Fsp3) is 0.522. The number of nitrogens with one attached hydrogen (secondary N) is 1. The Morgan fingerprint density at radius 2 is 2.03 bits per heavy atom. The van der Waals surface area contributed by atoms with E-state index in [0.29, 0.717) is 40.2 Å². The highest BCUT2D eigenvalue weighted by Gasteiger charge is 2.29. The van der Waals surface area contributed by atoms with Gasteiger partial charge in [0.2, 0.25) is 0 Å². The molecule has 2 saturated heterocycles. The van der Waals surface area contributed by atoms with Crippen LogP contribution in [0.5, 0.6) is 5.75 Å². The highest BCUT2D eigenvalue weighted by molar-refractivity contribution is 5.93. The number of pyridine rings is 1. The Kier molecular flexibility index (Phi) is 4.78. The number of ether oxygens (including phenoxy) is 2. The van der Waals surface area contributed by atoms with E-state index in [-0.39, 0.29) is 17.2 Å². The molecule has 2 aliphatic heterocycles. The molecule has 5 rings (SSSR count). The Labute approximate surface area is 190 Å². The van der Waals surface area contributed by atoms with Crippen molar-refractivity contribution in [3.05, 3.63) is 29.3 Å². The van der Waals surface area contributed by atoms with Crippen LogP contribution in [0.15, 0.2) is 16.7 Å². The van der Waals surface area contributed by atoms with Crippen LogP contribution >= 0.6 is 0 Å². The third-order valence-electron chi connectivity index (χ3n) is 6.31. The molecule has 2 aliphatic rings. The molecule has 4 heterocycles. The first-order valence-corrected chi connectivity index (χ1v) is 10.9. The van der Waals surface area contributed by atoms with Gasteiger partial charge in [0.05, 0.1) is 23.3 Å². The highest BCUT2D eigenvalue weighted by Crippen LogP contribution is 2.38. The number of fused-ring (bicyclic) bond motifs is 1. The number of piperidine rings is 1. The molecule has 2 aromatic heterocycles. The zero-order valence-corrected chi connectivity index (χ0v) is 18.2. The molecule has 2 fully saturated rings. The number of anilines is 1. The smallest absolute Gasteiger partial charge is 0.261 e. The van der Waals surface area contributed by atoms with Gasteiger partial charge in [0.25, 0.3) is 5.89 Å². The molecule has 0 spiro atoms. The molecule has 0 radical (unpaired) electrons. The van der Waals surface area contributed by atoms with Crippen molar-refractivity contribution in [2.45, 2.75) is 45.2 Å². The third kappa shape index (κ3) is 3.91. The molecule has 170 valence electrons. The lowest BCUT2D eigenvalue weighted by Gasteiger charge is -2.35. The van der Waals surface area contributed by atoms with Gasteiger partial charge in [-0.25, -0.2) is 9.37 Å². The van der Waals surface area contributed by atoms with Crippen LogP contribution in [-0.4, -0.2) is 60.5 Å². The summed E-state index contributed by atoms with van der Waals surface area (Å²) in [5.41, 5.74) is 1.41. The van der Waals surface area contributed by atoms with Crippen molar-refractivity contribution >= 4 is 16.7 Å². The first-order valence-electron chi connectivity index (χ1n) is 12.4. The van der Waals surface area contributed by atoms with Gasteiger partial charge < -0.3 is 24.2 Å². The SMILES string of the molecule is [2H]C([2H])([2H])Oc1cc(F)c2nc(N3CCC(N[C@@H]4CCOC4)CC3)c(-c3nc(C)no3)c(C)c2c1. The van der Waals surface area contributed by atoms with Crippen LogP contribution in [0.4, 0.5) is 10.2 Å². The third-order valence-corrected chi connectivity index (χ3v) is 6.31. The van der Waals surface area contributed by atoms with Gasteiger partial charge in [0, 0.05) is 43.2 Å². The van der Waals surface area contributed by atoms with E-state index in [1.54, 1.807) is 6.92 Å². The highest BCUT2D eigenvalue weighted by atomic mass is 19.1. The fourth-order valence-corrected chi connectivity index (χ4v) is 4.64. The van der Waals surface area contributed by atoms with Crippen LogP contribution in [0.2, 0.25) is 0 Å². The summed E-state index contributed by atoms with van der Waals surface area (Å²) in [7, 11) is -2.70. The first kappa shape index (κ1) is 17.7. The fourth-order valence-electron chi connectivity index (χ4n) is 4.64. The van der Waals surface area contributed by atoms with Gasteiger partial charge in [-0.2, -0.15) is 4.98 Å². The van der Waals surface area contributed by atoms with E-state index in [9.17, 15) is 0 Å². The molecule has 9 heteroatoms. The van der Waals surface area contributed by atoms with E-state index in [2.05, 4.69) is 20.4 Å². The van der Waals surface area contributed by atoms with Crippen LogP contribution < -0.4 is 15.0 Å². The quantitative estimate of drug-likeness (QED) is 0.641.